The number of hydrogen-bond donors (Lipinski definition) is 1. The minimum absolute atomic E-state index is 0.0562. The average molecular weight is 310 g/mol. The summed E-state index contributed by atoms with van der Waals surface area (Å²) in [6, 6.07) is 3.44. The molecule has 0 aliphatic carbocycles. The molecule has 0 aromatic carbocycles. The second kappa shape index (κ2) is 7.12. The second-order valence-corrected chi connectivity index (χ2v) is 6.36. The summed E-state index contributed by atoms with van der Waals surface area (Å²) in [7, 11) is 0. The number of anilines is 1. The summed E-state index contributed by atoms with van der Waals surface area (Å²) in [4.78, 5) is 18.7. The molecule has 1 saturated heterocycles. The molecule has 116 valence electrons. The van der Waals surface area contributed by atoms with E-state index in [0.29, 0.717) is 22.5 Å². The first kappa shape index (κ1) is 16.1. The number of carbonyl (C=O) groups excluding carboxylic acids is 1. The van der Waals surface area contributed by atoms with E-state index in [0.717, 1.165) is 38.4 Å². The van der Waals surface area contributed by atoms with Gasteiger partial charge in [-0.3, -0.25) is 4.79 Å². The van der Waals surface area contributed by atoms with Crippen LogP contribution in [0.25, 0.3) is 0 Å². The summed E-state index contributed by atoms with van der Waals surface area (Å²) in [5.41, 5.74) is 0.619. The van der Waals surface area contributed by atoms with Crippen molar-refractivity contribution in [3.63, 3.8) is 0 Å². The summed E-state index contributed by atoms with van der Waals surface area (Å²) in [5, 5.41) is 3.46. The van der Waals surface area contributed by atoms with Crippen molar-refractivity contribution in [3.05, 3.63) is 22.8 Å². The maximum absolute atomic E-state index is 12.6. The highest BCUT2D eigenvalue weighted by atomic mass is 35.5. The maximum Gasteiger partial charge on any atom is 0.254 e. The van der Waals surface area contributed by atoms with Gasteiger partial charge < -0.3 is 10.2 Å². The molecular formula is C16H24ClN3O. The number of pyridine rings is 1. The molecule has 21 heavy (non-hydrogen) atoms. The molecule has 5 heteroatoms. The molecule has 1 amide bonds. The van der Waals surface area contributed by atoms with Crippen LogP contribution in [0.5, 0.6) is 0 Å². The van der Waals surface area contributed by atoms with E-state index < -0.39 is 0 Å². The summed E-state index contributed by atoms with van der Waals surface area (Å²) >= 11 is 6.01. The molecule has 2 rings (SSSR count). The zero-order valence-corrected chi connectivity index (χ0v) is 13.8. The van der Waals surface area contributed by atoms with Crippen LogP contribution in [0, 0.1) is 11.8 Å². The predicted molar refractivity (Wildman–Crippen MR) is 86.9 cm³/mol. The molecule has 1 N–H and O–H groups in total. The van der Waals surface area contributed by atoms with Crippen LogP contribution in [-0.4, -0.2) is 35.4 Å². The van der Waals surface area contributed by atoms with Crippen LogP contribution in [-0.2, 0) is 0 Å². The summed E-state index contributed by atoms with van der Waals surface area (Å²) in [5.74, 6) is 2.14. The third-order valence-electron chi connectivity index (χ3n) is 4.17. The Labute approximate surface area is 131 Å². The molecule has 1 fully saturated rings. The monoisotopic (exact) mass is 309 g/mol. The zero-order valence-electron chi connectivity index (χ0n) is 13.0. The van der Waals surface area contributed by atoms with E-state index in [4.69, 9.17) is 11.6 Å². The molecule has 0 bridgehead atoms. The Morgan fingerprint density at radius 1 is 1.43 bits per heavy atom. The topological polar surface area (TPSA) is 45.2 Å². The van der Waals surface area contributed by atoms with Gasteiger partial charge >= 0.3 is 0 Å². The van der Waals surface area contributed by atoms with Gasteiger partial charge in [-0.2, -0.15) is 0 Å². The van der Waals surface area contributed by atoms with Crippen LogP contribution >= 0.6 is 11.6 Å². The van der Waals surface area contributed by atoms with Crippen molar-refractivity contribution in [3.8, 4) is 0 Å². The standard InChI is InChI=1S/C16H24ClN3O/c1-4-18-15-10-13(9-14(17)19-15)16(21)20-7-5-12(6-8-20)11(2)3/h9-12H,4-8H2,1-3H3,(H,18,19). The Morgan fingerprint density at radius 2 is 2.10 bits per heavy atom. The Bertz CT molecular complexity index is 496. The number of hydrogen-bond acceptors (Lipinski definition) is 3. The quantitative estimate of drug-likeness (QED) is 0.863. The van der Waals surface area contributed by atoms with Crippen molar-refractivity contribution < 1.29 is 4.79 Å². The lowest BCUT2D eigenvalue weighted by Gasteiger charge is -2.34. The van der Waals surface area contributed by atoms with Crippen molar-refractivity contribution in [2.45, 2.75) is 33.6 Å². The van der Waals surface area contributed by atoms with E-state index in [-0.39, 0.29) is 5.91 Å². The van der Waals surface area contributed by atoms with Gasteiger partial charge in [-0.15, -0.1) is 0 Å². The van der Waals surface area contributed by atoms with Gasteiger partial charge in [0.05, 0.1) is 0 Å². The Morgan fingerprint density at radius 3 is 2.67 bits per heavy atom. The van der Waals surface area contributed by atoms with Crippen LogP contribution < -0.4 is 5.32 Å². The van der Waals surface area contributed by atoms with Crippen molar-refractivity contribution in [1.82, 2.24) is 9.88 Å². The first-order chi connectivity index (χ1) is 10.0. The van der Waals surface area contributed by atoms with E-state index in [1.165, 1.54) is 0 Å². The lowest BCUT2D eigenvalue weighted by molar-refractivity contribution is 0.0667. The molecule has 0 radical (unpaired) electrons. The number of nitrogens with one attached hydrogen (secondary N) is 1. The van der Waals surface area contributed by atoms with Crippen molar-refractivity contribution in [1.29, 1.82) is 0 Å². The minimum atomic E-state index is 0.0562. The fraction of sp³-hybridized carbons (Fsp3) is 0.625. The fourth-order valence-electron chi connectivity index (χ4n) is 2.84. The number of amides is 1. The normalized spacial score (nSPS) is 16.3. The van der Waals surface area contributed by atoms with Gasteiger partial charge in [-0.05, 0) is 43.7 Å². The third kappa shape index (κ3) is 4.10. The molecule has 1 aliphatic rings. The first-order valence-corrected chi connectivity index (χ1v) is 8.09. The van der Waals surface area contributed by atoms with E-state index in [1.54, 1.807) is 12.1 Å². The van der Waals surface area contributed by atoms with E-state index >= 15 is 0 Å². The molecule has 1 aliphatic heterocycles. The molecule has 0 spiro atoms. The summed E-state index contributed by atoms with van der Waals surface area (Å²) in [6.07, 6.45) is 2.17. The highest BCUT2D eigenvalue weighted by molar-refractivity contribution is 6.29. The Kier molecular flexibility index (Phi) is 5.45. The Balaban J connectivity index is 2.07. The number of aromatic nitrogens is 1. The lowest BCUT2D eigenvalue weighted by Crippen LogP contribution is -2.39. The lowest BCUT2D eigenvalue weighted by atomic mass is 9.86. The molecule has 2 heterocycles. The van der Waals surface area contributed by atoms with Gasteiger partial charge in [-0.25, -0.2) is 4.98 Å². The average Bonchev–Trinajstić information content (AvgIpc) is 2.46. The largest absolute Gasteiger partial charge is 0.370 e. The van der Waals surface area contributed by atoms with Crippen molar-refractivity contribution in [2.75, 3.05) is 25.0 Å². The Hall–Kier alpha value is -1.29. The molecule has 0 atom stereocenters. The molecule has 0 unspecified atom stereocenters. The summed E-state index contributed by atoms with van der Waals surface area (Å²) in [6.45, 7) is 8.92. The molecule has 0 saturated carbocycles. The number of nitrogens with zero attached hydrogens (tertiary/aromatic N) is 2. The second-order valence-electron chi connectivity index (χ2n) is 5.97. The predicted octanol–water partition coefficient (Wildman–Crippen LogP) is 3.68. The van der Waals surface area contributed by atoms with Gasteiger partial charge in [0.2, 0.25) is 0 Å². The zero-order chi connectivity index (χ0) is 15.4. The number of halogens is 1. The molecule has 1 aromatic rings. The van der Waals surface area contributed by atoms with Crippen LogP contribution in [0.2, 0.25) is 5.15 Å². The van der Waals surface area contributed by atoms with Crippen LogP contribution in [0.4, 0.5) is 5.82 Å². The first-order valence-electron chi connectivity index (χ1n) is 7.72. The van der Waals surface area contributed by atoms with E-state index in [1.807, 2.05) is 11.8 Å². The third-order valence-corrected chi connectivity index (χ3v) is 4.36. The van der Waals surface area contributed by atoms with Gasteiger partial charge in [0, 0.05) is 25.2 Å². The molecular weight excluding hydrogens is 286 g/mol. The number of likely N-dealkylation sites (tertiary alicyclic amines) is 1. The van der Waals surface area contributed by atoms with Crippen LogP contribution in [0.1, 0.15) is 44.0 Å². The maximum atomic E-state index is 12.6. The van der Waals surface area contributed by atoms with Crippen molar-refractivity contribution >= 4 is 23.3 Å². The number of carbonyl (C=O) groups is 1. The molecule has 1 aromatic heterocycles. The molecule has 4 nitrogen and oxygen atoms in total. The SMILES string of the molecule is CCNc1cc(C(=O)N2CCC(C(C)C)CC2)cc(Cl)n1. The number of piperidine rings is 1. The highest BCUT2D eigenvalue weighted by Crippen LogP contribution is 2.26. The van der Waals surface area contributed by atoms with Crippen LogP contribution in [0.3, 0.4) is 0 Å². The summed E-state index contributed by atoms with van der Waals surface area (Å²) < 4.78 is 0. The van der Waals surface area contributed by atoms with Crippen LogP contribution in [0.15, 0.2) is 12.1 Å². The van der Waals surface area contributed by atoms with Gasteiger partial charge in [0.25, 0.3) is 5.91 Å². The van der Waals surface area contributed by atoms with E-state index in [2.05, 4.69) is 24.1 Å². The minimum Gasteiger partial charge on any atom is -0.370 e. The van der Waals surface area contributed by atoms with Crippen molar-refractivity contribution in [2.24, 2.45) is 11.8 Å². The fourth-order valence-corrected chi connectivity index (χ4v) is 3.05. The number of rotatable bonds is 4. The van der Waals surface area contributed by atoms with E-state index in [9.17, 15) is 4.79 Å². The highest BCUT2D eigenvalue weighted by Gasteiger charge is 2.25. The van der Waals surface area contributed by atoms with Gasteiger partial charge in [-0.1, -0.05) is 25.4 Å². The smallest absolute Gasteiger partial charge is 0.254 e. The van der Waals surface area contributed by atoms with Gasteiger partial charge in [0.15, 0.2) is 0 Å². The van der Waals surface area contributed by atoms with Gasteiger partial charge in [0.1, 0.15) is 11.0 Å².